The molecule has 1 aromatic carbocycles. The molecular formula is C12H10F3N3O5. The highest BCUT2D eigenvalue weighted by atomic mass is 19.4. The number of nitro benzene ring substituents is 1. The largest absolute Gasteiger partial charge is 0.423 e. The number of nitro groups is 1. The van der Waals surface area contributed by atoms with Crippen LogP contribution in [0.25, 0.3) is 0 Å². The van der Waals surface area contributed by atoms with Crippen LogP contribution < -0.4 is 10.2 Å². The molecule has 0 aromatic heterocycles. The van der Waals surface area contributed by atoms with Crippen LogP contribution in [0.4, 0.5) is 29.3 Å². The Morgan fingerprint density at radius 2 is 2.00 bits per heavy atom. The number of amides is 3. The summed E-state index contributed by atoms with van der Waals surface area (Å²) in [6, 6.07) is 0.730. The van der Waals surface area contributed by atoms with Crippen LogP contribution in [0.1, 0.15) is 12.5 Å². The molecule has 0 aliphatic carbocycles. The van der Waals surface area contributed by atoms with Crippen molar-refractivity contribution in [3.05, 3.63) is 33.9 Å². The Labute approximate surface area is 126 Å². The van der Waals surface area contributed by atoms with Crippen LogP contribution >= 0.6 is 0 Å². The summed E-state index contributed by atoms with van der Waals surface area (Å²) in [6.45, 7) is 0.441. The second-order valence-electron chi connectivity index (χ2n) is 5.02. The quantitative estimate of drug-likeness (QED) is 0.493. The fourth-order valence-electron chi connectivity index (χ4n) is 2.08. The molecule has 0 spiro atoms. The number of nitrogens with one attached hydrogen (secondary N) is 1. The topological polar surface area (TPSA) is 113 Å². The Kier molecular flexibility index (Phi) is 3.76. The summed E-state index contributed by atoms with van der Waals surface area (Å²) in [4.78, 5) is 33.8. The van der Waals surface area contributed by atoms with E-state index < -0.39 is 52.1 Å². The third-order valence-electron chi connectivity index (χ3n) is 3.32. The smallest absolute Gasteiger partial charge is 0.393 e. The molecule has 1 aliphatic rings. The fourth-order valence-corrected chi connectivity index (χ4v) is 2.08. The highest BCUT2D eigenvalue weighted by Gasteiger charge is 2.49. The molecule has 1 saturated heterocycles. The highest BCUT2D eigenvalue weighted by molar-refractivity contribution is 6.23. The van der Waals surface area contributed by atoms with Gasteiger partial charge in [-0.2, -0.15) is 13.2 Å². The summed E-state index contributed by atoms with van der Waals surface area (Å²) in [5.41, 5.74) is -4.93. The molecule has 8 nitrogen and oxygen atoms in total. The van der Waals surface area contributed by atoms with Crippen molar-refractivity contribution in [1.29, 1.82) is 0 Å². The summed E-state index contributed by atoms with van der Waals surface area (Å²) < 4.78 is 38.8. The summed E-state index contributed by atoms with van der Waals surface area (Å²) >= 11 is 0. The van der Waals surface area contributed by atoms with Gasteiger partial charge in [-0.15, -0.1) is 0 Å². The molecule has 1 aliphatic heterocycles. The van der Waals surface area contributed by atoms with E-state index in [2.05, 4.69) is 5.32 Å². The number of nitrogens with zero attached hydrogens (tertiary/aromatic N) is 2. The molecule has 0 unspecified atom stereocenters. The van der Waals surface area contributed by atoms with E-state index in [0.29, 0.717) is 17.0 Å². The number of imide groups is 1. The van der Waals surface area contributed by atoms with Crippen LogP contribution in [0.5, 0.6) is 0 Å². The lowest BCUT2D eigenvalue weighted by Gasteiger charge is -2.19. The summed E-state index contributed by atoms with van der Waals surface area (Å²) in [7, 11) is 0. The third kappa shape index (κ3) is 2.70. The molecule has 1 atom stereocenters. The van der Waals surface area contributed by atoms with Crippen LogP contribution in [0.3, 0.4) is 0 Å². The molecule has 1 fully saturated rings. The van der Waals surface area contributed by atoms with Crippen LogP contribution in [0.2, 0.25) is 0 Å². The Morgan fingerprint density at radius 3 is 2.43 bits per heavy atom. The number of hydrogen-bond donors (Lipinski definition) is 2. The second kappa shape index (κ2) is 5.19. The average molecular weight is 333 g/mol. The monoisotopic (exact) mass is 333 g/mol. The number of carbonyl (C=O) groups excluding carboxylic acids is 2. The number of rotatable bonds is 3. The normalized spacial score (nSPS) is 21.5. The lowest BCUT2D eigenvalue weighted by atomic mass is 10.0. The van der Waals surface area contributed by atoms with E-state index >= 15 is 0 Å². The van der Waals surface area contributed by atoms with Crippen LogP contribution in [-0.2, 0) is 11.0 Å². The molecule has 2 N–H and O–H groups in total. The maximum absolute atomic E-state index is 12.9. The second-order valence-corrected chi connectivity index (χ2v) is 5.02. The zero-order valence-electron chi connectivity index (χ0n) is 11.5. The number of aliphatic hydroxyl groups excluding tert-OH is 1. The maximum Gasteiger partial charge on any atom is 0.423 e. The van der Waals surface area contributed by atoms with Crippen molar-refractivity contribution < 1.29 is 32.8 Å². The number of carbonyl (C=O) groups is 2. The zero-order chi connectivity index (χ0) is 17.6. The number of halogens is 3. The van der Waals surface area contributed by atoms with Crippen molar-refractivity contribution >= 4 is 23.3 Å². The lowest BCUT2D eigenvalue weighted by molar-refractivity contribution is -0.388. The number of benzene rings is 1. The summed E-state index contributed by atoms with van der Waals surface area (Å²) in [5.74, 6) is -0.966. The van der Waals surface area contributed by atoms with E-state index in [-0.39, 0.29) is 0 Å². The van der Waals surface area contributed by atoms with E-state index in [4.69, 9.17) is 5.11 Å². The van der Waals surface area contributed by atoms with Gasteiger partial charge >= 0.3 is 12.2 Å². The average Bonchev–Trinajstić information content (AvgIpc) is 2.68. The predicted octanol–water partition coefficient (Wildman–Crippen LogP) is 1.42. The van der Waals surface area contributed by atoms with Gasteiger partial charge in [-0.3, -0.25) is 14.9 Å². The number of hydrogen-bond acceptors (Lipinski definition) is 5. The van der Waals surface area contributed by atoms with Gasteiger partial charge in [-0.1, -0.05) is 0 Å². The number of alkyl halides is 3. The van der Waals surface area contributed by atoms with E-state index in [0.717, 1.165) is 6.07 Å². The summed E-state index contributed by atoms with van der Waals surface area (Å²) in [6.07, 6.45) is -5.04. The van der Waals surface area contributed by atoms with Crippen LogP contribution in [0, 0.1) is 10.1 Å². The van der Waals surface area contributed by atoms with Gasteiger partial charge in [0.15, 0.2) is 0 Å². The Bertz CT molecular complexity index is 706. The van der Waals surface area contributed by atoms with Crippen LogP contribution in [0.15, 0.2) is 18.2 Å². The molecule has 1 aromatic rings. The number of urea groups is 1. The molecule has 124 valence electrons. The molecule has 2 rings (SSSR count). The molecule has 0 bridgehead atoms. The number of aliphatic hydroxyl groups is 1. The van der Waals surface area contributed by atoms with Crippen molar-refractivity contribution in [3.8, 4) is 0 Å². The van der Waals surface area contributed by atoms with Crippen LogP contribution in [-0.4, -0.2) is 34.1 Å². The van der Waals surface area contributed by atoms with E-state index in [9.17, 15) is 32.9 Å². The standard InChI is InChI=1S/C12H10F3N3O5/c1-11(5-19)9(20)17(10(21)16-11)6-2-3-8(18(22)23)7(4-6)12(13,14)15/h2-4,19H,5H2,1H3,(H,16,21)/t11-/m1/s1. The minimum Gasteiger partial charge on any atom is -0.393 e. The Morgan fingerprint density at radius 1 is 1.39 bits per heavy atom. The van der Waals surface area contributed by atoms with E-state index in [1.807, 2.05) is 0 Å². The molecule has 23 heavy (non-hydrogen) atoms. The first kappa shape index (κ1) is 16.7. The third-order valence-corrected chi connectivity index (χ3v) is 3.32. The Hall–Kier alpha value is -2.69. The van der Waals surface area contributed by atoms with Crippen molar-refractivity contribution in [1.82, 2.24) is 5.32 Å². The van der Waals surface area contributed by atoms with Gasteiger partial charge in [-0.25, -0.2) is 9.69 Å². The molecule has 11 heteroatoms. The minimum atomic E-state index is -5.04. The summed E-state index contributed by atoms with van der Waals surface area (Å²) in [5, 5.41) is 22.0. The molecule has 0 saturated carbocycles. The van der Waals surface area contributed by atoms with Gasteiger partial charge in [0.05, 0.1) is 17.2 Å². The SMILES string of the molecule is C[C@]1(CO)NC(=O)N(c2ccc([N+](=O)[O-])c(C(F)(F)F)c2)C1=O. The van der Waals surface area contributed by atoms with Crippen molar-refractivity contribution in [2.45, 2.75) is 18.6 Å². The van der Waals surface area contributed by atoms with Gasteiger partial charge in [0.2, 0.25) is 0 Å². The van der Waals surface area contributed by atoms with Gasteiger partial charge < -0.3 is 10.4 Å². The zero-order valence-corrected chi connectivity index (χ0v) is 11.5. The molecule has 3 amide bonds. The molecule has 0 radical (unpaired) electrons. The van der Waals surface area contributed by atoms with Gasteiger partial charge in [0.1, 0.15) is 11.1 Å². The first-order valence-corrected chi connectivity index (χ1v) is 6.14. The van der Waals surface area contributed by atoms with Gasteiger partial charge in [0, 0.05) is 6.07 Å². The molecular weight excluding hydrogens is 323 g/mol. The van der Waals surface area contributed by atoms with E-state index in [1.54, 1.807) is 0 Å². The maximum atomic E-state index is 12.9. The molecule has 1 heterocycles. The lowest BCUT2D eigenvalue weighted by Crippen LogP contribution is -2.47. The van der Waals surface area contributed by atoms with Gasteiger partial charge in [-0.05, 0) is 19.1 Å². The minimum absolute atomic E-state index is 0.346. The Balaban J connectivity index is 2.56. The fraction of sp³-hybridized carbons (Fsp3) is 0.333. The first-order chi connectivity index (χ1) is 10.5. The first-order valence-electron chi connectivity index (χ1n) is 6.14. The van der Waals surface area contributed by atoms with Crippen molar-refractivity contribution in [3.63, 3.8) is 0 Å². The van der Waals surface area contributed by atoms with E-state index in [1.165, 1.54) is 6.92 Å². The van der Waals surface area contributed by atoms with Crippen molar-refractivity contribution in [2.75, 3.05) is 11.5 Å². The van der Waals surface area contributed by atoms with Crippen molar-refractivity contribution in [2.24, 2.45) is 0 Å². The highest BCUT2D eigenvalue weighted by Crippen LogP contribution is 2.39. The number of anilines is 1. The van der Waals surface area contributed by atoms with Gasteiger partial charge in [0.25, 0.3) is 11.6 Å². The predicted molar refractivity (Wildman–Crippen MR) is 69.6 cm³/mol.